The van der Waals surface area contributed by atoms with Gasteiger partial charge in [-0.25, -0.2) is 4.79 Å². The van der Waals surface area contributed by atoms with Gasteiger partial charge in [0.25, 0.3) is 0 Å². The number of anilines is 1. The standard InChI is InChI=1S/C13H16BrNO3/c14-9-4-5-11(13(16)17)12(7-9)15-8-10-3-1-2-6-18-10/h4-5,7,10,15H,1-3,6,8H2,(H,16,17). The topological polar surface area (TPSA) is 58.6 Å². The van der Waals surface area contributed by atoms with Crippen LogP contribution in [0.2, 0.25) is 0 Å². The first kappa shape index (κ1) is 13.4. The van der Waals surface area contributed by atoms with Crippen LogP contribution < -0.4 is 5.32 Å². The minimum absolute atomic E-state index is 0.180. The summed E-state index contributed by atoms with van der Waals surface area (Å²) in [6, 6.07) is 5.11. The van der Waals surface area contributed by atoms with Crippen molar-refractivity contribution in [2.75, 3.05) is 18.5 Å². The molecule has 0 spiro atoms. The van der Waals surface area contributed by atoms with Crippen molar-refractivity contribution in [1.82, 2.24) is 0 Å². The molecule has 98 valence electrons. The molecule has 1 atom stereocenters. The number of carbonyl (C=O) groups is 1. The van der Waals surface area contributed by atoms with Gasteiger partial charge < -0.3 is 15.2 Å². The van der Waals surface area contributed by atoms with Crippen LogP contribution in [0.5, 0.6) is 0 Å². The van der Waals surface area contributed by atoms with Crippen molar-refractivity contribution in [2.45, 2.75) is 25.4 Å². The average molecular weight is 314 g/mol. The number of nitrogens with one attached hydrogen (secondary N) is 1. The highest BCUT2D eigenvalue weighted by Crippen LogP contribution is 2.22. The van der Waals surface area contributed by atoms with Crippen LogP contribution in [0.3, 0.4) is 0 Å². The SMILES string of the molecule is O=C(O)c1ccc(Br)cc1NCC1CCCCO1. The second-order valence-corrected chi connectivity index (χ2v) is 5.28. The predicted octanol–water partition coefficient (Wildman–Crippen LogP) is 3.13. The molecule has 1 aromatic carbocycles. The van der Waals surface area contributed by atoms with Gasteiger partial charge >= 0.3 is 5.97 Å². The Morgan fingerprint density at radius 2 is 2.33 bits per heavy atom. The molecule has 1 unspecified atom stereocenters. The summed E-state index contributed by atoms with van der Waals surface area (Å²) in [5.41, 5.74) is 0.917. The highest BCUT2D eigenvalue weighted by Gasteiger charge is 2.15. The highest BCUT2D eigenvalue weighted by molar-refractivity contribution is 9.10. The fourth-order valence-electron chi connectivity index (χ4n) is 2.04. The molecular weight excluding hydrogens is 298 g/mol. The normalized spacial score (nSPS) is 19.5. The minimum atomic E-state index is -0.922. The number of rotatable bonds is 4. The zero-order valence-corrected chi connectivity index (χ0v) is 11.6. The maximum atomic E-state index is 11.1. The summed E-state index contributed by atoms with van der Waals surface area (Å²) in [7, 11) is 0. The molecule has 0 radical (unpaired) electrons. The highest BCUT2D eigenvalue weighted by atomic mass is 79.9. The molecule has 2 rings (SSSR count). The smallest absolute Gasteiger partial charge is 0.337 e. The first-order valence-electron chi connectivity index (χ1n) is 6.05. The van der Waals surface area contributed by atoms with E-state index in [-0.39, 0.29) is 11.7 Å². The third kappa shape index (κ3) is 3.46. The van der Waals surface area contributed by atoms with Crippen molar-refractivity contribution in [3.63, 3.8) is 0 Å². The summed E-state index contributed by atoms with van der Waals surface area (Å²) in [5, 5.41) is 12.3. The molecule has 1 aliphatic rings. The van der Waals surface area contributed by atoms with Crippen LogP contribution in [0.1, 0.15) is 29.6 Å². The second kappa shape index (κ2) is 6.20. The summed E-state index contributed by atoms with van der Waals surface area (Å²) < 4.78 is 6.47. The largest absolute Gasteiger partial charge is 0.478 e. The second-order valence-electron chi connectivity index (χ2n) is 4.36. The van der Waals surface area contributed by atoms with E-state index in [4.69, 9.17) is 9.84 Å². The molecule has 1 aromatic rings. The molecule has 18 heavy (non-hydrogen) atoms. The van der Waals surface area contributed by atoms with Crippen molar-refractivity contribution < 1.29 is 14.6 Å². The van der Waals surface area contributed by atoms with E-state index < -0.39 is 5.97 Å². The van der Waals surface area contributed by atoms with Gasteiger partial charge in [-0.05, 0) is 37.5 Å². The summed E-state index contributed by atoms with van der Waals surface area (Å²) in [6.07, 6.45) is 3.51. The maximum absolute atomic E-state index is 11.1. The van der Waals surface area contributed by atoms with E-state index in [9.17, 15) is 4.79 Å². The monoisotopic (exact) mass is 313 g/mol. The lowest BCUT2D eigenvalue weighted by Gasteiger charge is -2.23. The Bertz CT molecular complexity index is 430. The molecule has 0 amide bonds. The number of carboxylic acids is 1. The molecule has 1 aliphatic heterocycles. The number of aromatic carboxylic acids is 1. The van der Waals surface area contributed by atoms with E-state index in [0.29, 0.717) is 12.2 Å². The average Bonchev–Trinajstić information content (AvgIpc) is 2.37. The first-order valence-corrected chi connectivity index (χ1v) is 6.84. The predicted molar refractivity (Wildman–Crippen MR) is 73.2 cm³/mol. The van der Waals surface area contributed by atoms with Gasteiger partial charge in [0.15, 0.2) is 0 Å². The van der Waals surface area contributed by atoms with E-state index in [1.54, 1.807) is 18.2 Å². The minimum Gasteiger partial charge on any atom is -0.478 e. The van der Waals surface area contributed by atoms with E-state index in [2.05, 4.69) is 21.2 Å². The Hall–Kier alpha value is -1.07. The van der Waals surface area contributed by atoms with Crippen molar-refractivity contribution >= 4 is 27.6 Å². The Morgan fingerprint density at radius 3 is 3.00 bits per heavy atom. The van der Waals surface area contributed by atoms with Crippen LogP contribution in [0, 0.1) is 0 Å². The lowest BCUT2D eigenvalue weighted by molar-refractivity contribution is 0.0247. The molecule has 0 saturated carbocycles. The Labute approximate surface area is 114 Å². The van der Waals surface area contributed by atoms with Crippen molar-refractivity contribution in [2.24, 2.45) is 0 Å². The number of hydrogen-bond acceptors (Lipinski definition) is 3. The van der Waals surface area contributed by atoms with Crippen molar-refractivity contribution in [1.29, 1.82) is 0 Å². The molecule has 2 N–H and O–H groups in total. The van der Waals surface area contributed by atoms with Gasteiger partial charge in [-0.3, -0.25) is 0 Å². The zero-order chi connectivity index (χ0) is 13.0. The van der Waals surface area contributed by atoms with Crippen LogP contribution in [0.25, 0.3) is 0 Å². The molecule has 0 bridgehead atoms. The molecule has 0 aromatic heterocycles. The summed E-state index contributed by atoms with van der Waals surface area (Å²) in [6.45, 7) is 1.45. The zero-order valence-electron chi connectivity index (χ0n) is 9.99. The third-order valence-electron chi connectivity index (χ3n) is 3.01. The van der Waals surface area contributed by atoms with E-state index >= 15 is 0 Å². The molecule has 0 aliphatic carbocycles. The third-order valence-corrected chi connectivity index (χ3v) is 3.50. The van der Waals surface area contributed by atoms with Crippen molar-refractivity contribution in [3.8, 4) is 0 Å². The van der Waals surface area contributed by atoms with Crippen LogP contribution in [0.15, 0.2) is 22.7 Å². The van der Waals surface area contributed by atoms with Crippen LogP contribution in [-0.2, 0) is 4.74 Å². The molecule has 1 saturated heterocycles. The van der Waals surface area contributed by atoms with Gasteiger partial charge in [0, 0.05) is 23.3 Å². The molecule has 1 heterocycles. The fraction of sp³-hybridized carbons (Fsp3) is 0.462. The Kier molecular flexibility index (Phi) is 4.60. The number of carboxylic acid groups (broad SMARTS) is 1. The Morgan fingerprint density at radius 1 is 1.50 bits per heavy atom. The van der Waals surface area contributed by atoms with Crippen LogP contribution in [0.4, 0.5) is 5.69 Å². The summed E-state index contributed by atoms with van der Waals surface area (Å²) in [5.74, 6) is -0.922. The van der Waals surface area contributed by atoms with Crippen molar-refractivity contribution in [3.05, 3.63) is 28.2 Å². The van der Waals surface area contributed by atoms with Gasteiger partial charge in [0.2, 0.25) is 0 Å². The quantitative estimate of drug-likeness (QED) is 0.896. The number of hydrogen-bond donors (Lipinski definition) is 2. The van der Waals surface area contributed by atoms with Gasteiger partial charge in [-0.15, -0.1) is 0 Å². The number of halogens is 1. The fourth-order valence-corrected chi connectivity index (χ4v) is 2.40. The number of ether oxygens (including phenoxy) is 1. The van der Waals surface area contributed by atoms with Crippen LogP contribution >= 0.6 is 15.9 Å². The van der Waals surface area contributed by atoms with Gasteiger partial charge in [-0.2, -0.15) is 0 Å². The molecular formula is C13H16BrNO3. The molecule has 5 heteroatoms. The van der Waals surface area contributed by atoms with Gasteiger partial charge in [0.1, 0.15) is 0 Å². The van der Waals surface area contributed by atoms with E-state index in [1.165, 1.54) is 6.42 Å². The lowest BCUT2D eigenvalue weighted by Crippen LogP contribution is -2.27. The van der Waals surface area contributed by atoms with Gasteiger partial charge in [0.05, 0.1) is 11.7 Å². The van der Waals surface area contributed by atoms with E-state index in [0.717, 1.165) is 23.9 Å². The number of benzene rings is 1. The van der Waals surface area contributed by atoms with Crippen LogP contribution in [-0.4, -0.2) is 30.3 Å². The first-order chi connectivity index (χ1) is 8.66. The lowest BCUT2D eigenvalue weighted by atomic mass is 10.1. The Balaban J connectivity index is 2.03. The molecule has 1 fully saturated rings. The van der Waals surface area contributed by atoms with E-state index in [1.807, 2.05) is 0 Å². The summed E-state index contributed by atoms with van der Waals surface area (Å²) >= 11 is 3.35. The molecule has 4 nitrogen and oxygen atoms in total. The summed E-state index contributed by atoms with van der Waals surface area (Å²) in [4.78, 5) is 11.1. The van der Waals surface area contributed by atoms with Gasteiger partial charge in [-0.1, -0.05) is 15.9 Å². The maximum Gasteiger partial charge on any atom is 0.337 e.